The van der Waals surface area contributed by atoms with Gasteiger partial charge in [0.05, 0.1) is 0 Å². The van der Waals surface area contributed by atoms with Gasteiger partial charge in [0.25, 0.3) is 0 Å². The van der Waals surface area contributed by atoms with Crippen LogP contribution in [0, 0.1) is 0 Å². The maximum Gasteiger partial charge on any atom is 2.00 e. The van der Waals surface area contributed by atoms with Crippen LogP contribution in [0.2, 0.25) is 0 Å². The van der Waals surface area contributed by atoms with Crippen molar-refractivity contribution in [3.8, 4) is 0 Å². The molecule has 0 aliphatic carbocycles. The first-order chi connectivity index (χ1) is 5.38. The van der Waals surface area contributed by atoms with Crippen LogP contribution in [0.3, 0.4) is 0 Å². The minimum atomic E-state index is 0. The van der Waals surface area contributed by atoms with Crippen LogP contribution >= 0.6 is 24.4 Å². The third-order valence-corrected chi connectivity index (χ3v) is 0.167. The Balaban J connectivity index is -0.0000000184. The number of hydrogen-bond donors (Lipinski definition) is 4. The molecule has 0 aromatic carbocycles. The van der Waals surface area contributed by atoms with Gasteiger partial charge in [-0.3, -0.25) is 0 Å². The van der Waals surface area contributed by atoms with Crippen molar-refractivity contribution in [3.63, 3.8) is 0 Å². The third-order valence-electron chi connectivity index (χ3n) is 0.167. The zero-order chi connectivity index (χ0) is 10.6. The summed E-state index contributed by atoms with van der Waals surface area (Å²) in [7, 11) is 0. The molecule has 0 rings (SSSR count). The first-order valence-corrected chi connectivity index (χ1v) is 4.34. The largest absolute Gasteiger partial charge is 2.00 e. The minimum absolute atomic E-state index is 0. The third kappa shape index (κ3) is 364. The molecule has 1 radical (unpaired) electrons. The first kappa shape index (κ1) is 36.0. The first-order valence-electron chi connectivity index (χ1n) is 2.71. The summed E-state index contributed by atoms with van der Waals surface area (Å²) < 4.78 is 0.167. The summed E-state index contributed by atoms with van der Waals surface area (Å²) in [6, 6.07) is 0. The van der Waals surface area contributed by atoms with Crippen molar-refractivity contribution >= 4 is 58.3 Å². The van der Waals surface area contributed by atoms with Gasteiger partial charge in [-0.05, 0) is 0 Å². The van der Waals surface area contributed by atoms with Crippen LogP contribution in [-0.2, 0) is 81.3 Å². The van der Waals surface area contributed by atoms with Gasteiger partial charge in [-0.1, -0.05) is 8.64 Å². The SMILES string of the molecule is NC(=S)[S-].NC(=S)[S-].NCCN.[Mn+2].[Zn+2].[Zn+2]. The van der Waals surface area contributed by atoms with Gasteiger partial charge >= 0.3 is 56.0 Å². The van der Waals surface area contributed by atoms with Crippen molar-refractivity contribution < 1.29 is 56.0 Å². The Hall–Kier alpha value is 1.91. The second-order valence-electron chi connectivity index (χ2n) is 1.22. The van der Waals surface area contributed by atoms with E-state index in [2.05, 4.69) is 61.2 Å². The second-order valence-corrected chi connectivity index (χ2v) is 3.49. The average molecular weight is 430 g/mol. The molecule has 0 aromatic heterocycles. The molecule has 0 spiro atoms. The fourth-order valence-corrected chi connectivity index (χ4v) is 0. The van der Waals surface area contributed by atoms with E-state index in [1.807, 2.05) is 0 Å². The molecule has 4 nitrogen and oxygen atoms in total. The molecular weight excluding hydrogens is 418 g/mol. The molecule has 0 atom stereocenters. The Labute approximate surface area is 149 Å². The molecule has 0 fully saturated rings. The normalized spacial score (nSPS) is 5.20. The van der Waals surface area contributed by atoms with Crippen LogP contribution in [0.1, 0.15) is 0 Å². The van der Waals surface area contributed by atoms with Gasteiger partial charge in [0.2, 0.25) is 0 Å². The maximum atomic E-state index is 4.90. The molecule has 8 N–H and O–H groups in total. The topological polar surface area (TPSA) is 104 Å². The predicted octanol–water partition coefficient (Wildman–Crippen LogP) is -1.55. The monoisotopic (exact) mass is 427 g/mol. The average Bonchev–Trinajstić information content (AvgIpc) is 1.85. The van der Waals surface area contributed by atoms with Crippen LogP contribution in [-0.4, -0.2) is 21.7 Å². The van der Waals surface area contributed by atoms with E-state index in [1.165, 1.54) is 0 Å². The van der Waals surface area contributed by atoms with Gasteiger partial charge in [-0.25, -0.2) is 0 Å². The molecule has 0 unspecified atom stereocenters. The van der Waals surface area contributed by atoms with E-state index in [1.54, 1.807) is 0 Å². The molecule has 11 heteroatoms. The van der Waals surface area contributed by atoms with Crippen molar-refractivity contribution in [3.05, 3.63) is 0 Å². The van der Waals surface area contributed by atoms with Gasteiger partial charge in [-0.15, -0.1) is 0 Å². The fourth-order valence-electron chi connectivity index (χ4n) is 0. The van der Waals surface area contributed by atoms with Gasteiger partial charge in [0.15, 0.2) is 0 Å². The van der Waals surface area contributed by atoms with E-state index in [9.17, 15) is 0 Å². The van der Waals surface area contributed by atoms with E-state index in [0.29, 0.717) is 13.1 Å². The Morgan fingerprint density at radius 3 is 0.933 bits per heavy atom. The van der Waals surface area contributed by atoms with Crippen molar-refractivity contribution in [2.45, 2.75) is 0 Å². The predicted molar refractivity (Wildman–Crippen MR) is 66.4 cm³/mol. The minimum Gasteiger partial charge on any atom is -0.415 e. The molecule has 79 valence electrons. The standard InChI is InChI=1S/C2H8N2.2CH3NS2.Mn.2Zn/c3-1-2-4;2*2-1(3)4;;;/h1-4H2;2*(H3,2,3,4);;;/q;;;3*+2/p-2. The Bertz CT molecular complexity index is 109. The van der Waals surface area contributed by atoms with Crippen molar-refractivity contribution in [2.24, 2.45) is 22.9 Å². The number of nitrogens with two attached hydrogens (primary N) is 4. The molecule has 0 aliphatic heterocycles. The number of hydrogen-bond acceptors (Lipinski definition) is 6. The number of thiocarbonyl (C=S) groups is 2. The Morgan fingerprint density at radius 2 is 0.933 bits per heavy atom. The molecule has 0 heterocycles. The molecule has 0 aliphatic rings. The summed E-state index contributed by atoms with van der Waals surface area (Å²) in [4.78, 5) is 0. The van der Waals surface area contributed by atoms with Crippen LogP contribution < -0.4 is 22.9 Å². The van der Waals surface area contributed by atoms with Gasteiger partial charge in [-0.2, -0.15) is 0 Å². The van der Waals surface area contributed by atoms with E-state index in [-0.39, 0.29) is 64.7 Å². The van der Waals surface area contributed by atoms with E-state index < -0.39 is 0 Å². The van der Waals surface area contributed by atoms with E-state index in [0.717, 1.165) is 0 Å². The molecule has 0 saturated carbocycles. The van der Waals surface area contributed by atoms with Gasteiger partial charge in [0.1, 0.15) is 0 Å². The molecule has 0 saturated heterocycles. The Morgan fingerprint density at radius 1 is 0.867 bits per heavy atom. The molecule has 0 amide bonds. The summed E-state index contributed by atoms with van der Waals surface area (Å²) in [6.45, 7) is 1.19. The van der Waals surface area contributed by atoms with E-state index >= 15 is 0 Å². The number of rotatable bonds is 1. The zero-order valence-corrected chi connectivity index (χ0v) is 18.5. The Kier molecular flexibility index (Phi) is 86.3. The summed E-state index contributed by atoms with van der Waals surface area (Å²) in [5.41, 5.74) is 19.1. The van der Waals surface area contributed by atoms with Crippen LogP contribution in [0.5, 0.6) is 0 Å². The van der Waals surface area contributed by atoms with Crippen LogP contribution in [0.25, 0.3) is 0 Å². The quantitative estimate of drug-likeness (QED) is 0.225. The van der Waals surface area contributed by atoms with Crippen molar-refractivity contribution in [1.82, 2.24) is 0 Å². The summed E-state index contributed by atoms with van der Waals surface area (Å²) in [6.07, 6.45) is 0. The molecular formula is C4H12MnN4S4Zn2+4. The van der Waals surface area contributed by atoms with Gasteiger partial charge < -0.3 is 72.6 Å². The zero-order valence-electron chi connectivity index (χ0n) is 8.15. The van der Waals surface area contributed by atoms with Gasteiger partial charge in [0, 0.05) is 13.1 Å². The summed E-state index contributed by atoms with van der Waals surface area (Å²) in [5.74, 6) is 0. The maximum absolute atomic E-state index is 4.90. The van der Waals surface area contributed by atoms with Crippen LogP contribution in [0.4, 0.5) is 0 Å². The molecule has 0 aromatic rings. The molecule has 15 heavy (non-hydrogen) atoms. The van der Waals surface area contributed by atoms with Crippen molar-refractivity contribution in [2.75, 3.05) is 13.1 Å². The summed E-state index contributed by atoms with van der Waals surface area (Å²) >= 11 is 16.5. The van der Waals surface area contributed by atoms with E-state index in [4.69, 9.17) is 11.5 Å². The summed E-state index contributed by atoms with van der Waals surface area (Å²) in [5, 5.41) is 0. The second kappa shape index (κ2) is 36.0. The van der Waals surface area contributed by atoms with Crippen LogP contribution in [0.15, 0.2) is 0 Å². The molecule has 0 bridgehead atoms. The van der Waals surface area contributed by atoms with Crippen molar-refractivity contribution in [1.29, 1.82) is 0 Å². The fraction of sp³-hybridized carbons (Fsp3) is 0.500. The smallest absolute Gasteiger partial charge is 0.415 e.